The van der Waals surface area contributed by atoms with E-state index in [0.717, 1.165) is 130 Å². The quantitative estimate of drug-likeness (QED) is 0.265. The van der Waals surface area contributed by atoms with Gasteiger partial charge in [0.1, 0.15) is 0 Å². The first-order chi connectivity index (χ1) is 30.6. The molecule has 0 N–H and O–H groups in total. The van der Waals surface area contributed by atoms with Gasteiger partial charge < -0.3 is 0 Å². The Kier molecular flexibility index (Phi) is 27.8. The molecule has 0 nitrogen and oxygen atoms in total. The topological polar surface area (TPSA) is 0 Å². The molecule has 0 aliphatic heterocycles. The van der Waals surface area contributed by atoms with Crippen LogP contribution in [0.5, 0.6) is 0 Å². The number of fused-ring (bicyclic) bond motifs is 2. The molecule has 9 aliphatic rings. The fourth-order valence-corrected chi connectivity index (χ4v) is 14.0. The molecule has 0 aromatic carbocycles. The molecule has 9 aliphatic carbocycles. The third-order valence-corrected chi connectivity index (χ3v) is 22.9. The minimum atomic E-state index is 0.595. The van der Waals surface area contributed by atoms with E-state index in [0.29, 0.717) is 5.41 Å². The standard InChI is InChI=1S/C9H16.C9H18.6C8H16/c1-7-5-8-3-4-9(7,2)6-8;1-7-5-4-6-8(2)9(7)3;1-6-4-7(2)8(3)5-6;1-6(2)8-4-7(3)5-8;1-8(2,3)7-5-4-6-7;1-6-4-5-7(2)8(6)3;1-5-6(2)8(4)7(5)3;1-3-7(2)8-5-4-6-8/h7-8H,3-6H2,1-2H3;7-9H,4-6H2,1-3H3;2*6-8H,4-5H2,1-3H3;7H,4-6H2,1-3H3;6-8H,4-5H2,1-3H3;5-8H,1-4H3;7-8H,3-6H2,1-2H3/t7-,8?,9?;;6?,7-,8?;;;;;/m0.0...../s1. The lowest BCUT2D eigenvalue weighted by Gasteiger charge is -2.45. The molecular weight excluding hydrogens is 793 g/mol. The molecule has 394 valence electrons. The first-order valence-electron chi connectivity index (χ1n) is 30.6. The third-order valence-electron chi connectivity index (χ3n) is 22.9. The van der Waals surface area contributed by atoms with E-state index >= 15 is 0 Å². The Morgan fingerprint density at radius 3 is 0.985 bits per heavy atom. The summed E-state index contributed by atoms with van der Waals surface area (Å²) in [5.41, 5.74) is 1.36. The van der Waals surface area contributed by atoms with Crippen molar-refractivity contribution >= 4 is 0 Å². The number of rotatable bonds is 3. The van der Waals surface area contributed by atoms with Crippen molar-refractivity contribution in [2.75, 3.05) is 0 Å². The highest BCUT2D eigenvalue weighted by Gasteiger charge is 2.46. The van der Waals surface area contributed by atoms with E-state index in [1.54, 1.807) is 0 Å². The van der Waals surface area contributed by atoms with Gasteiger partial charge in [0.2, 0.25) is 0 Å². The van der Waals surface area contributed by atoms with Crippen LogP contribution in [0, 0.1) is 135 Å². The van der Waals surface area contributed by atoms with E-state index in [9.17, 15) is 0 Å². The largest absolute Gasteiger partial charge is 0.0651 e. The molecule has 0 saturated heterocycles. The Morgan fingerprint density at radius 1 is 0.439 bits per heavy atom. The molecule has 0 amide bonds. The van der Waals surface area contributed by atoms with Crippen LogP contribution < -0.4 is 0 Å². The van der Waals surface area contributed by atoms with E-state index in [2.05, 4.69) is 159 Å². The zero-order valence-electron chi connectivity index (χ0n) is 50.3. The van der Waals surface area contributed by atoms with Crippen LogP contribution in [0.15, 0.2) is 0 Å². The molecule has 9 saturated carbocycles. The predicted molar refractivity (Wildman–Crippen MR) is 301 cm³/mol. The molecule has 9 fully saturated rings. The summed E-state index contributed by atoms with van der Waals surface area (Å²) in [4.78, 5) is 0. The molecule has 0 aromatic heterocycles. The van der Waals surface area contributed by atoms with E-state index in [4.69, 9.17) is 0 Å². The molecule has 2 bridgehead atoms. The predicted octanol–water partition coefficient (Wildman–Crippen LogP) is 22.2. The maximum absolute atomic E-state index is 2.48. The Bertz CT molecular complexity index is 1150. The summed E-state index contributed by atoms with van der Waals surface area (Å²) in [6, 6.07) is 0. The van der Waals surface area contributed by atoms with Crippen LogP contribution in [0.2, 0.25) is 0 Å². The van der Waals surface area contributed by atoms with E-state index in [1.807, 2.05) is 0 Å². The van der Waals surface area contributed by atoms with Crippen molar-refractivity contribution in [2.45, 2.75) is 288 Å². The van der Waals surface area contributed by atoms with Crippen molar-refractivity contribution in [3.63, 3.8) is 0 Å². The fourth-order valence-electron chi connectivity index (χ4n) is 14.0. The summed E-state index contributed by atoms with van der Waals surface area (Å²) in [5.74, 6) is 21.1. The molecule has 0 radical (unpaired) electrons. The second kappa shape index (κ2) is 29.5. The molecule has 0 heterocycles. The fraction of sp³-hybridized carbons (Fsp3) is 1.00. The average Bonchev–Trinajstić information content (AvgIpc) is 3.91. The van der Waals surface area contributed by atoms with E-state index in [1.165, 1.54) is 128 Å². The average molecular weight is 924 g/mol. The summed E-state index contributed by atoms with van der Waals surface area (Å²) in [7, 11) is 0. The number of hydrogen-bond acceptors (Lipinski definition) is 0. The van der Waals surface area contributed by atoms with Gasteiger partial charge in [-0.3, -0.25) is 0 Å². The molecule has 9 rings (SSSR count). The molecule has 0 spiro atoms. The van der Waals surface area contributed by atoms with Crippen molar-refractivity contribution < 1.29 is 0 Å². The Morgan fingerprint density at radius 2 is 0.833 bits per heavy atom. The van der Waals surface area contributed by atoms with Gasteiger partial charge in [-0.05, 0) is 199 Å². The first kappa shape index (κ1) is 62.1. The van der Waals surface area contributed by atoms with Gasteiger partial charge in [0.15, 0.2) is 0 Å². The van der Waals surface area contributed by atoms with Crippen molar-refractivity contribution in [1.82, 2.24) is 0 Å². The van der Waals surface area contributed by atoms with Crippen LogP contribution >= 0.6 is 0 Å². The Hall–Kier alpha value is 0. The van der Waals surface area contributed by atoms with Gasteiger partial charge >= 0.3 is 0 Å². The van der Waals surface area contributed by atoms with Crippen molar-refractivity contribution in [3.05, 3.63) is 0 Å². The van der Waals surface area contributed by atoms with Crippen LogP contribution in [-0.2, 0) is 0 Å². The maximum atomic E-state index is 2.48. The summed E-state index contributed by atoms with van der Waals surface area (Å²) in [6.07, 6.45) is 29.6. The van der Waals surface area contributed by atoms with Gasteiger partial charge in [-0.25, -0.2) is 0 Å². The smallest absolute Gasteiger partial charge is 0.0297 e. The van der Waals surface area contributed by atoms with Gasteiger partial charge in [0.05, 0.1) is 0 Å². The van der Waals surface area contributed by atoms with Crippen LogP contribution in [0.3, 0.4) is 0 Å². The molecule has 9 unspecified atom stereocenters. The maximum Gasteiger partial charge on any atom is -0.0297 e. The molecular formula is C66H130. The summed E-state index contributed by atoms with van der Waals surface area (Å²) in [6.45, 7) is 54.4. The highest BCUT2D eigenvalue weighted by molar-refractivity contribution is 4.96. The van der Waals surface area contributed by atoms with Crippen molar-refractivity contribution in [3.8, 4) is 0 Å². The summed E-state index contributed by atoms with van der Waals surface area (Å²) >= 11 is 0. The first-order valence-corrected chi connectivity index (χ1v) is 30.6. The lowest BCUT2D eigenvalue weighted by atomic mass is 9.60. The second-order valence-corrected chi connectivity index (χ2v) is 29.2. The molecule has 0 aromatic rings. The Balaban J connectivity index is 0.000000259. The van der Waals surface area contributed by atoms with Gasteiger partial charge in [-0.15, -0.1) is 0 Å². The van der Waals surface area contributed by atoms with Crippen LogP contribution in [0.25, 0.3) is 0 Å². The Labute approximate surface area is 420 Å². The van der Waals surface area contributed by atoms with Gasteiger partial charge in [-0.2, -0.15) is 0 Å². The minimum absolute atomic E-state index is 0.595. The molecule has 11 atom stereocenters. The summed E-state index contributed by atoms with van der Waals surface area (Å²) < 4.78 is 0. The zero-order valence-corrected chi connectivity index (χ0v) is 50.3. The van der Waals surface area contributed by atoms with Crippen LogP contribution in [-0.4, -0.2) is 0 Å². The molecule has 66 heavy (non-hydrogen) atoms. The monoisotopic (exact) mass is 923 g/mol. The lowest BCUT2D eigenvalue weighted by Crippen LogP contribution is -2.39. The van der Waals surface area contributed by atoms with Crippen LogP contribution in [0.4, 0.5) is 0 Å². The zero-order chi connectivity index (χ0) is 50.3. The van der Waals surface area contributed by atoms with Crippen molar-refractivity contribution in [2.24, 2.45) is 135 Å². The normalized spacial score (nSPS) is 42.5. The highest BCUT2D eigenvalue weighted by atomic mass is 14.5. The lowest BCUT2D eigenvalue weighted by molar-refractivity contribution is 0.0302. The SMILES string of the molecule is CC(C)(C)C1CCC1.CC1C(C)C(C)C1C.CC1CC(C(C)C)C1.CC1CC(C)[C@@H](C)C1.CC1CCC(C)C1C.CC1CCCC(C)C1C.CCC(C)C1CCC1.C[C@H]1CC2CCC1(C)C2. The minimum Gasteiger partial charge on any atom is -0.0651 e. The summed E-state index contributed by atoms with van der Waals surface area (Å²) in [5, 5.41) is 0. The van der Waals surface area contributed by atoms with E-state index < -0.39 is 0 Å². The van der Waals surface area contributed by atoms with Gasteiger partial charge in [0, 0.05) is 0 Å². The third kappa shape index (κ3) is 20.2. The van der Waals surface area contributed by atoms with Gasteiger partial charge in [-0.1, -0.05) is 223 Å². The van der Waals surface area contributed by atoms with Crippen LogP contribution in [0.1, 0.15) is 288 Å². The van der Waals surface area contributed by atoms with E-state index in [-0.39, 0.29) is 0 Å². The number of hydrogen-bond donors (Lipinski definition) is 0. The van der Waals surface area contributed by atoms with Gasteiger partial charge in [0.25, 0.3) is 0 Å². The highest BCUT2D eigenvalue weighted by Crippen LogP contribution is 2.57. The molecule has 0 heteroatoms. The van der Waals surface area contributed by atoms with Crippen molar-refractivity contribution in [1.29, 1.82) is 0 Å². The second-order valence-electron chi connectivity index (χ2n) is 29.2.